The van der Waals surface area contributed by atoms with Crippen LogP contribution >= 0.6 is 24.0 Å². The molecule has 1 aromatic heterocycles. The van der Waals surface area contributed by atoms with E-state index in [1.807, 2.05) is 55.5 Å². The molecular formula is C32H29F3N6O2S2. The predicted molar refractivity (Wildman–Crippen MR) is 176 cm³/mol. The monoisotopic (exact) mass is 650 g/mol. The molecule has 5 rings (SSSR count). The zero-order valence-electron chi connectivity index (χ0n) is 24.6. The molecule has 1 N–H and O–H groups in total. The van der Waals surface area contributed by atoms with Gasteiger partial charge in [-0.15, -0.1) is 18.3 Å². The van der Waals surface area contributed by atoms with Crippen molar-refractivity contribution in [3.63, 3.8) is 0 Å². The van der Waals surface area contributed by atoms with Crippen LogP contribution in [0, 0.1) is 6.92 Å². The van der Waals surface area contributed by atoms with E-state index < -0.39 is 6.36 Å². The zero-order valence-corrected chi connectivity index (χ0v) is 26.2. The molecule has 0 saturated carbocycles. The van der Waals surface area contributed by atoms with Crippen molar-refractivity contribution in [3.8, 4) is 22.8 Å². The molecule has 2 heterocycles. The summed E-state index contributed by atoms with van der Waals surface area (Å²) in [7, 11) is 0. The number of halogens is 3. The van der Waals surface area contributed by atoms with Crippen LogP contribution in [0.15, 0.2) is 84.1 Å². The van der Waals surface area contributed by atoms with E-state index in [1.54, 1.807) is 4.90 Å². The van der Waals surface area contributed by atoms with E-state index in [4.69, 9.17) is 12.2 Å². The molecule has 1 saturated heterocycles. The first kappa shape index (κ1) is 31.9. The fraction of sp³-hybridized carbons (Fsp3) is 0.219. The summed E-state index contributed by atoms with van der Waals surface area (Å²) in [5, 5.41) is 8.39. The van der Waals surface area contributed by atoms with Crippen molar-refractivity contribution in [3.05, 3.63) is 95.8 Å². The Morgan fingerprint density at radius 1 is 1.13 bits per heavy atom. The number of aliphatic imine (C=N–C) groups is 1. The quantitative estimate of drug-likeness (QED) is 0.201. The summed E-state index contributed by atoms with van der Waals surface area (Å²) in [5.74, 6) is 0.694. The van der Waals surface area contributed by atoms with Crippen LogP contribution in [0.1, 0.15) is 36.5 Å². The number of ether oxygens (including phenoxy) is 1. The lowest BCUT2D eigenvalue weighted by molar-refractivity contribution is -0.274. The van der Waals surface area contributed by atoms with Gasteiger partial charge in [0.2, 0.25) is 5.91 Å². The molecule has 3 aromatic carbocycles. The lowest BCUT2D eigenvalue weighted by Gasteiger charge is -2.22. The third-order valence-electron chi connectivity index (χ3n) is 6.69. The standard InChI is InChI=1S/C32H29F3N6O2S2/c1-20(2)26-15-6-21(3)17-27(26)41-28(42)18-45-31(41)38-30(44)36-16-4-5-22-7-9-23(10-8-22)29-37-19-40(39-29)24-11-13-25(14-12-24)43-32(33,34)35/h4-15,17,19-20H,16,18H2,1-3H3,(H,36,44)/b5-4+,38-31?. The molecule has 4 aromatic rings. The number of anilines is 1. The van der Waals surface area contributed by atoms with Crippen molar-refractivity contribution in [1.29, 1.82) is 0 Å². The first-order valence-electron chi connectivity index (χ1n) is 13.9. The van der Waals surface area contributed by atoms with E-state index in [9.17, 15) is 18.0 Å². The number of thiocarbonyl (C=S) groups is 1. The number of carbonyl (C=O) groups excluding carboxylic acids is 1. The third-order valence-corrected chi connectivity index (χ3v) is 7.85. The molecule has 0 radical (unpaired) electrons. The molecule has 0 spiro atoms. The van der Waals surface area contributed by atoms with Crippen molar-refractivity contribution < 1.29 is 22.7 Å². The minimum Gasteiger partial charge on any atom is -0.406 e. The number of carbonyl (C=O) groups is 1. The molecule has 13 heteroatoms. The van der Waals surface area contributed by atoms with E-state index in [0.717, 1.165) is 27.9 Å². The summed E-state index contributed by atoms with van der Waals surface area (Å²) in [6.45, 7) is 6.64. The molecule has 8 nitrogen and oxygen atoms in total. The fourth-order valence-electron chi connectivity index (χ4n) is 4.55. The van der Waals surface area contributed by atoms with Crippen LogP contribution in [0.3, 0.4) is 0 Å². The molecule has 232 valence electrons. The SMILES string of the molecule is Cc1ccc(C(C)C)c(N2C(=O)CSC2=NC(=S)NC/C=C/c2ccc(-c3ncn(-c4ccc(OC(F)(F)F)cc4)n3)cc2)c1. The molecule has 0 bridgehead atoms. The Morgan fingerprint density at radius 2 is 1.87 bits per heavy atom. The summed E-state index contributed by atoms with van der Waals surface area (Å²) < 4.78 is 42.6. The highest BCUT2D eigenvalue weighted by Crippen LogP contribution is 2.34. The maximum Gasteiger partial charge on any atom is 0.573 e. The van der Waals surface area contributed by atoms with Gasteiger partial charge in [0.1, 0.15) is 12.1 Å². The second-order valence-corrected chi connectivity index (χ2v) is 11.7. The van der Waals surface area contributed by atoms with Crippen LogP contribution in [0.2, 0.25) is 0 Å². The molecule has 1 aliphatic heterocycles. The van der Waals surface area contributed by atoms with E-state index in [2.05, 4.69) is 45.0 Å². The van der Waals surface area contributed by atoms with Crippen molar-refractivity contribution >= 4 is 51.9 Å². The molecule has 1 fully saturated rings. The van der Waals surface area contributed by atoms with Crippen LogP contribution in [0.25, 0.3) is 23.2 Å². The number of aromatic nitrogens is 3. The fourth-order valence-corrected chi connectivity index (χ4v) is 5.64. The summed E-state index contributed by atoms with van der Waals surface area (Å²) in [5.41, 5.74) is 5.26. The lowest BCUT2D eigenvalue weighted by atomic mass is 9.99. The van der Waals surface area contributed by atoms with Crippen molar-refractivity contribution in [2.24, 2.45) is 4.99 Å². The molecule has 0 unspecified atom stereocenters. The van der Waals surface area contributed by atoms with Gasteiger partial charge in [-0.1, -0.05) is 74.2 Å². The van der Waals surface area contributed by atoms with Crippen molar-refractivity contribution in [2.45, 2.75) is 33.1 Å². The number of amides is 1. The third kappa shape index (κ3) is 8.17. The smallest absolute Gasteiger partial charge is 0.406 e. The predicted octanol–water partition coefficient (Wildman–Crippen LogP) is 7.29. The number of alkyl halides is 3. The van der Waals surface area contributed by atoms with Crippen molar-refractivity contribution in [1.82, 2.24) is 20.1 Å². The number of hydrogen-bond acceptors (Lipinski definition) is 6. The van der Waals surface area contributed by atoms with Gasteiger partial charge >= 0.3 is 6.36 Å². The van der Waals surface area contributed by atoms with Gasteiger partial charge in [-0.25, -0.2) is 9.67 Å². The number of hydrogen-bond donors (Lipinski definition) is 1. The summed E-state index contributed by atoms with van der Waals surface area (Å²) in [6.07, 6.45) is 0.596. The normalized spacial score (nSPS) is 14.6. The Bertz CT molecular complexity index is 1750. The van der Waals surface area contributed by atoms with Gasteiger partial charge in [-0.2, -0.15) is 4.99 Å². The number of rotatable bonds is 8. The number of aryl methyl sites for hydroxylation is 1. The largest absolute Gasteiger partial charge is 0.573 e. The Hall–Kier alpha value is -4.49. The number of benzene rings is 3. The number of nitrogens with one attached hydrogen (secondary N) is 1. The van der Waals surface area contributed by atoms with Crippen LogP contribution in [0.5, 0.6) is 5.75 Å². The van der Waals surface area contributed by atoms with E-state index in [0.29, 0.717) is 34.1 Å². The van der Waals surface area contributed by atoms with E-state index in [1.165, 1.54) is 47.0 Å². The molecule has 0 aliphatic carbocycles. The highest BCUT2D eigenvalue weighted by Gasteiger charge is 2.32. The average Bonchev–Trinajstić information content (AvgIpc) is 3.62. The van der Waals surface area contributed by atoms with E-state index in [-0.39, 0.29) is 17.6 Å². The van der Waals surface area contributed by atoms with Gasteiger partial charge in [0.15, 0.2) is 16.1 Å². The molecule has 0 atom stereocenters. The van der Waals surface area contributed by atoms with Gasteiger partial charge in [0.25, 0.3) is 0 Å². The number of amidine groups is 1. The van der Waals surface area contributed by atoms with Crippen LogP contribution in [0.4, 0.5) is 18.9 Å². The first-order chi connectivity index (χ1) is 21.5. The van der Waals surface area contributed by atoms with Gasteiger partial charge in [0, 0.05) is 12.1 Å². The average molecular weight is 651 g/mol. The van der Waals surface area contributed by atoms with Gasteiger partial charge < -0.3 is 10.1 Å². The Morgan fingerprint density at radius 3 is 2.56 bits per heavy atom. The summed E-state index contributed by atoms with van der Waals surface area (Å²) in [4.78, 5) is 23.3. The maximum absolute atomic E-state index is 12.8. The van der Waals surface area contributed by atoms with Crippen LogP contribution in [-0.2, 0) is 4.79 Å². The minimum absolute atomic E-state index is 0.0204. The number of thioether (sulfide) groups is 1. The van der Waals surface area contributed by atoms with Crippen molar-refractivity contribution in [2.75, 3.05) is 17.2 Å². The second-order valence-electron chi connectivity index (χ2n) is 10.4. The highest BCUT2D eigenvalue weighted by atomic mass is 32.2. The summed E-state index contributed by atoms with van der Waals surface area (Å²) in [6, 6.07) is 19.1. The first-order valence-corrected chi connectivity index (χ1v) is 15.3. The Balaban J connectivity index is 1.17. The maximum atomic E-state index is 12.8. The minimum atomic E-state index is -4.75. The van der Waals surface area contributed by atoms with Gasteiger partial charge in [-0.05, 0) is 72.1 Å². The zero-order chi connectivity index (χ0) is 32.1. The lowest BCUT2D eigenvalue weighted by Crippen LogP contribution is -2.32. The molecule has 1 aliphatic rings. The summed E-state index contributed by atoms with van der Waals surface area (Å²) >= 11 is 6.83. The second kappa shape index (κ2) is 13.7. The molecule has 1 amide bonds. The molecule has 45 heavy (non-hydrogen) atoms. The van der Waals surface area contributed by atoms with Gasteiger partial charge in [-0.3, -0.25) is 9.69 Å². The van der Waals surface area contributed by atoms with Crippen LogP contribution in [-0.4, -0.2) is 49.6 Å². The number of nitrogens with zero attached hydrogens (tertiary/aromatic N) is 5. The Kier molecular flexibility index (Phi) is 9.68. The van der Waals surface area contributed by atoms with Crippen LogP contribution < -0.4 is 15.0 Å². The van der Waals surface area contributed by atoms with E-state index >= 15 is 0 Å². The highest BCUT2D eigenvalue weighted by molar-refractivity contribution is 8.15. The Labute approximate surface area is 268 Å². The topological polar surface area (TPSA) is 84.6 Å². The molecular weight excluding hydrogens is 622 g/mol. The van der Waals surface area contributed by atoms with Gasteiger partial charge in [0.05, 0.1) is 17.1 Å².